The summed E-state index contributed by atoms with van der Waals surface area (Å²) in [6, 6.07) is 35.5. The lowest BCUT2D eigenvalue weighted by atomic mass is 9.79. The van der Waals surface area contributed by atoms with Crippen LogP contribution in [0.2, 0.25) is 0 Å². The monoisotopic (exact) mass is 806 g/mol. The summed E-state index contributed by atoms with van der Waals surface area (Å²) in [6.07, 6.45) is 0. The zero-order chi connectivity index (χ0) is 43.9. The zero-order valence-corrected chi connectivity index (χ0v) is 38.0. The molecule has 61 heavy (non-hydrogen) atoms. The van der Waals surface area contributed by atoms with Crippen molar-refractivity contribution in [2.75, 3.05) is 0 Å². The Balaban J connectivity index is 1.34. The molecule has 0 saturated heterocycles. The number of pyridine rings is 2. The first kappa shape index (κ1) is 41.5. The van der Waals surface area contributed by atoms with Gasteiger partial charge in [0.25, 0.3) is 0 Å². The first-order valence-electron chi connectivity index (χ1n) is 21.3. The second-order valence-corrected chi connectivity index (χ2v) is 20.1. The molecule has 5 nitrogen and oxygen atoms in total. The number of phenolic OH excluding ortho intramolecular Hbond substituents is 2. The molecule has 2 N–H and O–H groups in total. The molecule has 0 fully saturated rings. The predicted molar refractivity (Wildman–Crippen MR) is 255 cm³/mol. The summed E-state index contributed by atoms with van der Waals surface area (Å²) in [5, 5.41) is 25.5. The van der Waals surface area contributed by atoms with Crippen molar-refractivity contribution in [3.8, 4) is 67.7 Å². The molecule has 0 aliphatic carbocycles. The molecule has 5 aromatic carbocycles. The molecule has 0 aliphatic rings. The van der Waals surface area contributed by atoms with Gasteiger partial charge in [-0.15, -0.1) is 0 Å². The highest BCUT2D eigenvalue weighted by molar-refractivity contribution is 6.09. The van der Waals surface area contributed by atoms with Crippen molar-refractivity contribution in [1.29, 1.82) is 0 Å². The summed E-state index contributed by atoms with van der Waals surface area (Å²) in [5.74, 6) is 0.360. The fourth-order valence-corrected chi connectivity index (χ4v) is 8.59. The summed E-state index contributed by atoms with van der Waals surface area (Å²) in [5.41, 5.74) is 17.0. The Morgan fingerprint density at radius 1 is 0.443 bits per heavy atom. The summed E-state index contributed by atoms with van der Waals surface area (Å²) >= 11 is 0. The Morgan fingerprint density at radius 2 is 0.984 bits per heavy atom. The largest absolute Gasteiger partial charge is 0.507 e. The number of benzene rings is 5. The first-order valence-corrected chi connectivity index (χ1v) is 21.3. The maximum absolute atomic E-state index is 12.0. The standard InChI is InChI=1S/C56H58N2O3/c1-31-22-38(54(5,6)7)23-32(2)50(31)37-21-33(3)52(59)42(26-37)44-18-16-19-45(57-44)47-28-36(35-24-39(55(8,9)10)29-40(25-35)56(11,12)13)27-46(58-47)43-30-49-51(34(4)53(43)60)41-17-14-15-20-48(41)61-49/h14-30,59-60H,1-13H3. The van der Waals surface area contributed by atoms with Crippen LogP contribution in [0.25, 0.3) is 78.1 Å². The van der Waals surface area contributed by atoms with E-state index in [1.807, 2.05) is 62.4 Å². The molecule has 0 spiro atoms. The number of nitrogens with zero attached hydrogens (tertiary/aromatic N) is 2. The normalized spacial score (nSPS) is 12.5. The van der Waals surface area contributed by atoms with Crippen LogP contribution in [-0.4, -0.2) is 20.2 Å². The number of hydrogen-bond donors (Lipinski definition) is 2. The molecular weight excluding hydrogens is 749 g/mol. The lowest BCUT2D eigenvalue weighted by Crippen LogP contribution is -2.16. The van der Waals surface area contributed by atoms with Crippen LogP contribution in [0.4, 0.5) is 0 Å². The Hall–Kier alpha value is -6.20. The number of aryl methyl sites for hydroxylation is 4. The number of phenols is 2. The minimum Gasteiger partial charge on any atom is -0.507 e. The van der Waals surface area contributed by atoms with Gasteiger partial charge in [0.15, 0.2) is 0 Å². The molecule has 3 aromatic heterocycles. The number of fused-ring (bicyclic) bond motifs is 3. The number of aromatic nitrogens is 2. The van der Waals surface area contributed by atoms with Gasteiger partial charge in [-0.3, -0.25) is 0 Å². The van der Waals surface area contributed by atoms with Crippen molar-refractivity contribution in [3.05, 3.63) is 142 Å². The Labute approximate surface area is 361 Å². The van der Waals surface area contributed by atoms with Crippen molar-refractivity contribution < 1.29 is 14.6 Å². The van der Waals surface area contributed by atoms with Crippen LogP contribution >= 0.6 is 0 Å². The van der Waals surface area contributed by atoms with Crippen LogP contribution in [0.1, 0.15) is 101 Å². The highest BCUT2D eigenvalue weighted by Crippen LogP contribution is 2.44. The fourth-order valence-electron chi connectivity index (χ4n) is 8.59. The van der Waals surface area contributed by atoms with E-state index in [9.17, 15) is 10.2 Å². The number of aromatic hydroxyl groups is 2. The molecule has 310 valence electrons. The van der Waals surface area contributed by atoms with E-state index in [4.69, 9.17) is 14.4 Å². The Morgan fingerprint density at radius 3 is 1.62 bits per heavy atom. The fraction of sp³-hybridized carbons (Fsp3) is 0.286. The molecule has 0 aliphatic heterocycles. The highest BCUT2D eigenvalue weighted by atomic mass is 16.3. The van der Waals surface area contributed by atoms with Gasteiger partial charge in [0, 0.05) is 27.5 Å². The average Bonchev–Trinajstić information content (AvgIpc) is 3.57. The van der Waals surface area contributed by atoms with Crippen LogP contribution in [0.15, 0.2) is 108 Å². The van der Waals surface area contributed by atoms with E-state index in [-0.39, 0.29) is 27.7 Å². The van der Waals surface area contributed by atoms with E-state index in [0.717, 1.165) is 49.7 Å². The molecule has 0 bridgehead atoms. The lowest BCUT2D eigenvalue weighted by molar-refractivity contribution is 0.473. The molecule has 0 atom stereocenters. The van der Waals surface area contributed by atoms with Gasteiger partial charge in [-0.2, -0.15) is 0 Å². The van der Waals surface area contributed by atoms with Crippen molar-refractivity contribution in [2.24, 2.45) is 0 Å². The van der Waals surface area contributed by atoms with Gasteiger partial charge in [0.2, 0.25) is 0 Å². The topological polar surface area (TPSA) is 79.4 Å². The third kappa shape index (κ3) is 7.71. The lowest BCUT2D eigenvalue weighted by Gasteiger charge is -2.26. The molecule has 0 unspecified atom stereocenters. The Kier molecular flexibility index (Phi) is 10.1. The van der Waals surface area contributed by atoms with Crippen molar-refractivity contribution in [2.45, 2.75) is 106 Å². The Bertz CT molecular complexity index is 2980. The number of rotatable bonds is 5. The van der Waals surface area contributed by atoms with E-state index >= 15 is 0 Å². The summed E-state index contributed by atoms with van der Waals surface area (Å²) in [7, 11) is 0. The molecule has 0 radical (unpaired) electrons. The van der Waals surface area contributed by atoms with Crippen molar-refractivity contribution >= 4 is 21.9 Å². The summed E-state index contributed by atoms with van der Waals surface area (Å²) in [4.78, 5) is 10.5. The van der Waals surface area contributed by atoms with Crippen LogP contribution in [0.5, 0.6) is 11.5 Å². The van der Waals surface area contributed by atoms with Crippen LogP contribution < -0.4 is 0 Å². The third-order valence-electron chi connectivity index (χ3n) is 12.3. The van der Waals surface area contributed by atoms with Gasteiger partial charge in [-0.05, 0) is 148 Å². The molecular formula is C56H58N2O3. The quantitative estimate of drug-likeness (QED) is 0.181. The van der Waals surface area contributed by atoms with Gasteiger partial charge in [0.05, 0.1) is 22.8 Å². The minimum absolute atomic E-state index is 0.0294. The molecule has 0 amide bonds. The van der Waals surface area contributed by atoms with Gasteiger partial charge < -0.3 is 14.6 Å². The maximum Gasteiger partial charge on any atom is 0.136 e. The van der Waals surface area contributed by atoms with Crippen LogP contribution in [-0.2, 0) is 16.2 Å². The molecule has 3 heterocycles. The predicted octanol–water partition coefficient (Wildman–Crippen LogP) is 15.2. The summed E-state index contributed by atoms with van der Waals surface area (Å²) < 4.78 is 6.37. The number of furan rings is 1. The van der Waals surface area contributed by atoms with Crippen LogP contribution in [0, 0.1) is 27.7 Å². The molecule has 5 heteroatoms. The zero-order valence-electron chi connectivity index (χ0n) is 38.0. The average molecular weight is 807 g/mol. The minimum atomic E-state index is -0.0906. The van der Waals surface area contributed by atoms with Gasteiger partial charge >= 0.3 is 0 Å². The van der Waals surface area contributed by atoms with E-state index in [0.29, 0.717) is 39.5 Å². The van der Waals surface area contributed by atoms with E-state index in [1.54, 1.807) is 0 Å². The van der Waals surface area contributed by atoms with Gasteiger partial charge in [-0.25, -0.2) is 9.97 Å². The van der Waals surface area contributed by atoms with E-state index < -0.39 is 0 Å². The number of para-hydroxylation sites is 1. The van der Waals surface area contributed by atoms with Crippen LogP contribution in [0.3, 0.4) is 0 Å². The molecule has 8 rings (SSSR count). The molecule has 8 aromatic rings. The maximum atomic E-state index is 12.0. The highest BCUT2D eigenvalue weighted by Gasteiger charge is 2.24. The first-order chi connectivity index (χ1) is 28.6. The van der Waals surface area contributed by atoms with Gasteiger partial charge in [-0.1, -0.05) is 117 Å². The SMILES string of the molecule is Cc1cc(-c2c(C)cc(C(C)(C)C)cc2C)cc(-c2cccc(-c3cc(-c4cc(C(C)(C)C)cc(C(C)(C)C)c4)cc(-c4cc5oc6ccccc6c5c(C)c4O)n3)n2)c1O. The molecule has 0 saturated carbocycles. The van der Waals surface area contributed by atoms with E-state index in [1.165, 1.54) is 27.8 Å². The van der Waals surface area contributed by atoms with Gasteiger partial charge in [0.1, 0.15) is 22.7 Å². The number of hydrogen-bond acceptors (Lipinski definition) is 5. The van der Waals surface area contributed by atoms with Crippen molar-refractivity contribution in [1.82, 2.24) is 9.97 Å². The van der Waals surface area contributed by atoms with E-state index in [2.05, 4.69) is 131 Å². The second-order valence-electron chi connectivity index (χ2n) is 20.1. The second kappa shape index (κ2) is 14.8. The smallest absolute Gasteiger partial charge is 0.136 e. The van der Waals surface area contributed by atoms with Crippen molar-refractivity contribution in [3.63, 3.8) is 0 Å². The summed E-state index contributed by atoms with van der Waals surface area (Å²) in [6.45, 7) is 28.4. The third-order valence-corrected chi connectivity index (χ3v) is 12.3.